The summed E-state index contributed by atoms with van der Waals surface area (Å²) in [5, 5.41) is 0. The number of anilines is 5. The van der Waals surface area contributed by atoms with Crippen LogP contribution < -0.4 is 9.80 Å². The summed E-state index contributed by atoms with van der Waals surface area (Å²) < 4.78 is 0. The van der Waals surface area contributed by atoms with Gasteiger partial charge in [-0.15, -0.1) is 0 Å². The van der Waals surface area contributed by atoms with Crippen LogP contribution in [0.1, 0.15) is 55.0 Å². The van der Waals surface area contributed by atoms with E-state index in [4.69, 9.17) is 0 Å². The number of allylic oxidation sites excluding steroid dienone is 12. The molecule has 0 saturated carbocycles. The molecule has 3 aliphatic rings. The molecule has 6 aromatic rings. The fraction of sp³-hybridized carbons (Fsp3) is 0.0877. The largest absolute Gasteiger partial charge is 0.330 e. The third-order valence-electron chi connectivity index (χ3n) is 11.8. The van der Waals surface area contributed by atoms with Gasteiger partial charge in [-0.3, -0.25) is 0 Å². The summed E-state index contributed by atoms with van der Waals surface area (Å²) in [6, 6.07) is 53.0. The lowest BCUT2D eigenvalue weighted by molar-refractivity contribution is 0.608. The predicted octanol–water partition coefficient (Wildman–Crippen LogP) is 15.7. The molecule has 1 atom stereocenters. The number of nitrogens with zero attached hydrogens (tertiary/aromatic N) is 2. The number of hydrogen-bond acceptors (Lipinski definition) is 2. The van der Waals surface area contributed by atoms with Gasteiger partial charge < -0.3 is 9.80 Å². The molecule has 0 bridgehead atoms. The van der Waals surface area contributed by atoms with Crippen molar-refractivity contribution in [2.45, 2.75) is 32.7 Å². The van der Waals surface area contributed by atoms with Crippen LogP contribution in [0.25, 0.3) is 39.5 Å². The first-order valence-electron chi connectivity index (χ1n) is 20.6. The second kappa shape index (κ2) is 16.0. The van der Waals surface area contributed by atoms with Gasteiger partial charge in [0.25, 0.3) is 0 Å². The summed E-state index contributed by atoms with van der Waals surface area (Å²) in [6.07, 6.45) is 24.8. The van der Waals surface area contributed by atoms with E-state index in [-0.39, 0.29) is 5.54 Å². The first-order valence-corrected chi connectivity index (χ1v) is 20.6. The molecule has 0 N–H and O–H groups in total. The fourth-order valence-electron chi connectivity index (χ4n) is 8.95. The predicted molar refractivity (Wildman–Crippen MR) is 255 cm³/mol. The quantitative estimate of drug-likeness (QED) is 0.128. The number of para-hydroxylation sites is 2. The molecule has 2 heterocycles. The normalized spacial score (nSPS) is 17.0. The van der Waals surface area contributed by atoms with Gasteiger partial charge >= 0.3 is 0 Å². The van der Waals surface area contributed by atoms with Crippen LogP contribution in [0, 0.1) is 0 Å². The zero-order valence-corrected chi connectivity index (χ0v) is 34.0. The number of fused-ring (bicyclic) bond motifs is 5. The van der Waals surface area contributed by atoms with Crippen LogP contribution in [0.3, 0.4) is 0 Å². The van der Waals surface area contributed by atoms with Gasteiger partial charge in [-0.2, -0.15) is 0 Å². The lowest BCUT2D eigenvalue weighted by atomic mass is 9.79. The minimum Gasteiger partial charge on any atom is -0.330 e. The average molecular weight is 761 g/mol. The highest BCUT2D eigenvalue weighted by atomic mass is 15.2. The van der Waals surface area contributed by atoms with Gasteiger partial charge in [0.1, 0.15) is 0 Å². The van der Waals surface area contributed by atoms with Crippen molar-refractivity contribution in [1.82, 2.24) is 0 Å². The van der Waals surface area contributed by atoms with Crippen LogP contribution >= 0.6 is 0 Å². The van der Waals surface area contributed by atoms with Gasteiger partial charge in [0, 0.05) is 33.9 Å². The Kier molecular flexibility index (Phi) is 10.1. The molecule has 1 unspecified atom stereocenters. The summed E-state index contributed by atoms with van der Waals surface area (Å²) >= 11 is 0. The Morgan fingerprint density at radius 1 is 0.644 bits per heavy atom. The topological polar surface area (TPSA) is 6.48 Å². The van der Waals surface area contributed by atoms with Gasteiger partial charge in [-0.25, -0.2) is 0 Å². The maximum Gasteiger partial charge on any atom is 0.0716 e. The van der Waals surface area contributed by atoms with Crippen LogP contribution in [0.4, 0.5) is 28.4 Å². The van der Waals surface area contributed by atoms with E-state index in [0.717, 1.165) is 34.6 Å². The van der Waals surface area contributed by atoms with Crippen LogP contribution in [-0.2, 0) is 0 Å². The van der Waals surface area contributed by atoms with E-state index in [0.29, 0.717) is 0 Å². The van der Waals surface area contributed by atoms with Gasteiger partial charge in [0.15, 0.2) is 0 Å². The zero-order valence-electron chi connectivity index (χ0n) is 34.0. The third kappa shape index (κ3) is 6.87. The van der Waals surface area contributed by atoms with Crippen molar-refractivity contribution >= 4 is 56.8 Å². The van der Waals surface area contributed by atoms with E-state index in [9.17, 15) is 0 Å². The highest BCUT2D eigenvalue weighted by Crippen LogP contribution is 2.59. The van der Waals surface area contributed by atoms with Crippen LogP contribution in [-0.4, -0.2) is 5.54 Å². The Labute approximate surface area is 349 Å². The average Bonchev–Trinajstić information content (AvgIpc) is 3.45. The molecule has 0 spiro atoms. The Morgan fingerprint density at radius 2 is 1.29 bits per heavy atom. The molecule has 0 aromatic heterocycles. The summed E-state index contributed by atoms with van der Waals surface area (Å²) in [4.78, 5) is 4.96. The molecular weight excluding hydrogens is 713 g/mol. The molecule has 2 aliphatic heterocycles. The standard InChI is InChI=1S/C57H48N2/c1-5-8-10-20-47-39-48-21-13-14-24-55(48)59-56-52(47)22-15-23-53(56)54-40-46(37-38-57(54,59)4)45-29-35-51(36-30-45)58(49-31-25-43(26-32-49)41(16-6-2)17-7-3)50-33-27-44(28-34-50)42-18-11-9-12-19-42/h5-37,39-40H,2,38H2,1,3-4H3/b8-5-,17-7-,20-10-,41-16+. The Balaban J connectivity index is 1.09. The summed E-state index contributed by atoms with van der Waals surface area (Å²) in [7, 11) is 0. The smallest absolute Gasteiger partial charge is 0.0716 e. The number of benzene rings is 6. The zero-order chi connectivity index (χ0) is 40.3. The van der Waals surface area contributed by atoms with Crippen molar-refractivity contribution < 1.29 is 0 Å². The van der Waals surface area contributed by atoms with Crippen LogP contribution in [0.5, 0.6) is 0 Å². The minimum atomic E-state index is -0.225. The lowest BCUT2D eigenvalue weighted by Gasteiger charge is -2.40. The summed E-state index contributed by atoms with van der Waals surface area (Å²) in [5.74, 6) is 0. The Morgan fingerprint density at radius 3 is 1.98 bits per heavy atom. The van der Waals surface area contributed by atoms with Gasteiger partial charge in [-0.1, -0.05) is 164 Å². The molecule has 6 aromatic carbocycles. The van der Waals surface area contributed by atoms with Crippen molar-refractivity contribution in [2.75, 3.05) is 9.80 Å². The summed E-state index contributed by atoms with van der Waals surface area (Å²) in [6.45, 7) is 10.5. The van der Waals surface area contributed by atoms with E-state index in [1.807, 2.05) is 13.0 Å². The van der Waals surface area contributed by atoms with E-state index < -0.39 is 0 Å². The van der Waals surface area contributed by atoms with Crippen molar-refractivity contribution in [2.24, 2.45) is 0 Å². The van der Waals surface area contributed by atoms with Gasteiger partial charge in [-0.05, 0) is 132 Å². The highest BCUT2D eigenvalue weighted by molar-refractivity contribution is 6.09. The van der Waals surface area contributed by atoms with Crippen LogP contribution in [0.2, 0.25) is 0 Å². The first-order chi connectivity index (χ1) is 29.0. The fourth-order valence-corrected chi connectivity index (χ4v) is 8.95. The second-order valence-electron chi connectivity index (χ2n) is 15.5. The van der Waals surface area contributed by atoms with Gasteiger partial charge in [0.2, 0.25) is 0 Å². The molecule has 0 radical (unpaired) electrons. The monoisotopic (exact) mass is 760 g/mol. The molecule has 286 valence electrons. The molecule has 0 amide bonds. The van der Waals surface area contributed by atoms with Crippen LogP contribution in [0.15, 0.2) is 213 Å². The SMILES string of the molecule is C=C/C=C(\C=C/C)c1ccc(N(c2ccc(C3=CCC4(C)C(=C3)c3cccc5c3N4c3ccccc3C=C5/C=C\C=C/C)cc2)c2ccc(-c3ccccc3)cc2)cc1. The molecule has 1 aliphatic carbocycles. The van der Waals surface area contributed by atoms with Gasteiger partial charge in [0.05, 0.1) is 11.2 Å². The molecule has 0 saturated heterocycles. The Bertz CT molecular complexity index is 2750. The molecule has 2 nitrogen and oxygen atoms in total. The molecule has 9 rings (SSSR count). The summed E-state index contributed by atoms with van der Waals surface area (Å²) in [5.41, 5.74) is 19.2. The van der Waals surface area contributed by atoms with Crippen molar-refractivity contribution in [3.05, 3.63) is 241 Å². The molecule has 2 heteroatoms. The first kappa shape index (κ1) is 37.4. The number of rotatable bonds is 10. The van der Waals surface area contributed by atoms with Crippen molar-refractivity contribution in [3.63, 3.8) is 0 Å². The molecule has 59 heavy (non-hydrogen) atoms. The maximum atomic E-state index is 3.94. The maximum absolute atomic E-state index is 3.94. The minimum absolute atomic E-state index is 0.225. The third-order valence-corrected chi connectivity index (χ3v) is 11.8. The van der Waals surface area contributed by atoms with E-state index >= 15 is 0 Å². The number of hydrogen-bond donors (Lipinski definition) is 0. The molecular formula is C57H48N2. The molecule has 0 fully saturated rings. The van der Waals surface area contributed by atoms with E-state index in [1.165, 1.54) is 61.5 Å². The Hall–Kier alpha value is -7.16. The van der Waals surface area contributed by atoms with E-state index in [1.54, 1.807) is 0 Å². The van der Waals surface area contributed by atoms with Crippen molar-refractivity contribution in [1.29, 1.82) is 0 Å². The van der Waals surface area contributed by atoms with Crippen molar-refractivity contribution in [3.8, 4) is 11.1 Å². The highest BCUT2D eigenvalue weighted by Gasteiger charge is 2.48. The second-order valence-corrected chi connectivity index (χ2v) is 15.5. The van der Waals surface area contributed by atoms with E-state index in [2.05, 4.69) is 237 Å². The lowest BCUT2D eigenvalue weighted by Crippen LogP contribution is -2.41.